The zero-order valence-corrected chi connectivity index (χ0v) is 10.4. The van der Waals surface area contributed by atoms with Crippen LogP contribution in [0.4, 0.5) is 0 Å². The molecule has 3 nitrogen and oxygen atoms in total. The van der Waals surface area contributed by atoms with Gasteiger partial charge in [-0.05, 0) is 42.3 Å². The van der Waals surface area contributed by atoms with Crippen LogP contribution < -0.4 is 4.74 Å². The highest BCUT2D eigenvalue weighted by Gasteiger charge is 2.03. The van der Waals surface area contributed by atoms with Gasteiger partial charge >= 0.3 is 0 Å². The summed E-state index contributed by atoms with van der Waals surface area (Å²) in [5.41, 5.74) is 4.36. The van der Waals surface area contributed by atoms with Gasteiger partial charge in [0.15, 0.2) is 0 Å². The van der Waals surface area contributed by atoms with Gasteiger partial charge in [0.2, 0.25) is 0 Å². The van der Waals surface area contributed by atoms with Gasteiger partial charge in [-0.25, -0.2) is 4.98 Å². The SMILES string of the molecule is COc1cccc(-c2ccc3nc(C)[nH]c3c2)c1. The Kier molecular flexibility index (Phi) is 2.52. The van der Waals surface area contributed by atoms with Gasteiger partial charge < -0.3 is 9.72 Å². The van der Waals surface area contributed by atoms with Crippen molar-refractivity contribution >= 4 is 11.0 Å². The highest BCUT2D eigenvalue weighted by atomic mass is 16.5. The first kappa shape index (κ1) is 10.8. The van der Waals surface area contributed by atoms with Crippen molar-refractivity contribution in [3.05, 3.63) is 48.3 Å². The number of methoxy groups -OCH3 is 1. The van der Waals surface area contributed by atoms with Gasteiger partial charge in [-0.15, -0.1) is 0 Å². The van der Waals surface area contributed by atoms with Crippen molar-refractivity contribution < 1.29 is 4.74 Å². The fourth-order valence-electron chi connectivity index (χ4n) is 2.12. The summed E-state index contributed by atoms with van der Waals surface area (Å²) in [6.07, 6.45) is 0. The minimum atomic E-state index is 0.869. The van der Waals surface area contributed by atoms with Gasteiger partial charge in [-0.2, -0.15) is 0 Å². The summed E-state index contributed by atoms with van der Waals surface area (Å²) in [7, 11) is 1.68. The molecule has 0 saturated heterocycles. The molecule has 3 heteroatoms. The predicted molar refractivity (Wildman–Crippen MR) is 72.8 cm³/mol. The summed E-state index contributed by atoms with van der Waals surface area (Å²) in [5, 5.41) is 0. The smallest absolute Gasteiger partial charge is 0.119 e. The Morgan fingerprint density at radius 2 is 1.89 bits per heavy atom. The quantitative estimate of drug-likeness (QED) is 0.741. The summed E-state index contributed by atoms with van der Waals surface area (Å²) in [6.45, 7) is 1.96. The number of aromatic nitrogens is 2. The number of benzene rings is 2. The Hall–Kier alpha value is -2.29. The van der Waals surface area contributed by atoms with Crippen molar-refractivity contribution in [2.24, 2.45) is 0 Å². The number of ether oxygens (including phenoxy) is 1. The van der Waals surface area contributed by atoms with Crippen LogP contribution in [0.15, 0.2) is 42.5 Å². The van der Waals surface area contributed by atoms with Crippen LogP contribution in [0.2, 0.25) is 0 Å². The number of aromatic amines is 1. The van der Waals surface area contributed by atoms with E-state index in [0.717, 1.165) is 33.7 Å². The molecule has 0 bridgehead atoms. The molecule has 0 aliphatic rings. The molecule has 3 aromatic rings. The lowest BCUT2D eigenvalue weighted by molar-refractivity contribution is 0.415. The number of imidazole rings is 1. The lowest BCUT2D eigenvalue weighted by Crippen LogP contribution is -1.83. The van der Waals surface area contributed by atoms with Crippen molar-refractivity contribution in [2.75, 3.05) is 7.11 Å². The topological polar surface area (TPSA) is 37.9 Å². The average Bonchev–Trinajstić information content (AvgIpc) is 2.77. The first-order valence-corrected chi connectivity index (χ1v) is 5.87. The third-order valence-electron chi connectivity index (χ3n) is 3.00. The molecule has 0 aliphatic carbocycles. The molecule has 18 heavy (non-hydrogen) atoms. The van der Waals surface area contributed by atoms with Crippen molar-refractivity contribution in [1.82, 2.24) is 9.97 Å². The molecule has 1 heterocycles. The Bertz CT molecular complexity index is 701. The summed E-state index contributed by atoms with van der Waals surface area (Å²) in [6, 6.07) is 14.3. The number of nitrogens with zero attached hydrogens (tertiary/aromatic N) is 1. The minimum Gasteiger partial charge on any atom is -0.497 e. The Balaban J connectivity index is 2.12. The maximum absolute atomic E-state index is 5.25. The first-order chi connectivity index (χ1) is 8.76. The maximum Gasteiger partial charge on any atom is 0.119 e. The van der Waals surface area contributed by atoms with E-state index >= 15 is 0 Å². The van der Waals surface area contributed by atoms with Crippen molar-refractivity contribution in [2.45, 2.75) is 6.92 Å². The third-order valence-corrected chi connectivity index (χ3v) is 3.00. The van der Waals surface area contributed by atoms with E-state index in [1.165, 1.54) is 0 Å². The second kappa shape index (κ2) is 4.18. The molecule has 0 spiro atoms. The highest BCUT2D eigenvalue weighted by Crippen LogP contribution is 2.26. The number of nitrogens with one attached hydrogen (secondary N) is 1. The van der Waals surface area contributed by atoms with Crippen LogP contribution in [0, 0.1) is 6.92 Å². The fourth-order valence-corrected chi connectivity index (χ4v) is 2.12. The van der Waals surface area contributed by atoms with Crippen LogP contribution in [0.25, 0.3) is 22.2 Å². The van der Waals surface area contributed by atoms with Gasteiger partial charge in [0, 0.05) is 0 Å². The van der Waals surface area contributed by atoms with E-state index < -0.39 is 0 Å². The number of rotatable bonds is 2. The molecule has 1 aromatic heterocycles. The average molecular weight is 238 g/mol. The number of H-pyrrole nitrogens is 1. The molecule has 3 rings (SSSR count). The molecule has 0 amide bonds. The summed E-state index contributed by atoms with van der Waals surface area (Å²) in [4.78, 5) is 7.66. The Morgan fingerprint density at radius 3 is 2.72 bits per heavy atom. The largest absolute Gasteiger partial charge is 0.497 e. The normalized spacial score (nSPS) is 10.8. The summed E-state index contributed by atoms with van der Waals surface area (Å²) in [5.74, 6) is 1.81. The zero-order chi connectivity index (χ0) is 12.5. The van der Waals surface area contributed by atoms with E-state index in [0.29, 0.717) is 0 Å². The molecule has 0 fully saturated rings. The zero-order valence-electron chi connectivity index (χ0n) is 10.4. The van der Waals surface area contributed by atoms with Crippen LogP contribution in [0.5, 0.6) is 5.75 Å². The second-order valence-corrected chi connectivity index (χ2v) is 4.29. The van der Waals surface area contributed by atoms with Crippen LogP contribution in [0.1, 0.15) is 5.82 Å². The molecule has 0 atom stereocenters. The number of aryl methyl sites for hydroxylation is 1. The molecule has 0 aliphatic heterocycles. The third kappa shape index (κ3) is 1.84. The number of fused-ring (bicyclic) bond motifs is 1. The second-order valence-electron chi connectivity index (χ2n) is 4.29. The standard InChI is InChI=1S/C15H14N2O/c1-10-16-14-7-6-12(9-15(14)17-10)11-4-3-5-13(8-11)18-2/h3-9H,1-2H3,(H,16,17). The molecule has 0 unspecified atom stereocenters. The van der Waals surface area contributed by atoms with Crippen molar-refractivity contribution in [3.63, 3.8) is 0 Å². The Morgan fingerprint density at radius 1 is 1.06 bits per heavy atom. The van der Waals surface area contributed by atoms with Gasteiger partial charge in [-0.3, -0.25) is 0 Å². The van der Waals surface area contributed by atoms with Crippen LogP contribution in [0.3, 0.4) is 0 Å². The lowest BCUT2D eigenvalue weighted by Gasteiger charge is -2.04. The molecular weight excluding hydrogens is 224 g/mol. The lowest BCUT2D eigenvalue weighted by atomic mass is 10.1. The molecule has 2 aromatic carbocycles. The molecule has 0 radical (unpaired) electrons. The maximum atomic E-state index is 5.25. The molecule has 0 saturated carbocycles. The number of hydrogen-bond donors (Lipinski definition) is 1. The van der Waals surface area contributed by atoms with Crippen LogP contribution in [-0.2, 0) is 0 Å². The molecule has 90 valence electrons. The molecule has 1 N–H and O–H groups in total. The van der Waals surface area contributed by atoms with Gasteiger partial charge in [0.05, 0.1) is 18.1 Å². The fraction of sp³-hybridized carbons (Fsp3) is 0.133. The van der Waals surface area contributed by atoms with Crippen molar-refractivity contribution in [3.8, 4) is 16.9 Å². The van der Waals surface area contributed by atoms with E-state index in [4.69, 9.17) is 4.74 Å². The van der Waals surface area contributed by atoms with Crippen LogP contribution in [-0.4, -0.2) is 17.1 Å². The van der Waals surface area contributed by atoms with Gasteiger partial charge in [0.1, 0.15) is 11.6 Å². The number of hydrogen-bond acceptors (Lipinski definition) is 2. The first-order valence-electron chi connectivity index (χ1n) is 5.87. The van der Waals surface area contributed by atoms with E-state index in [2.05, 4.69) is 28.2 Å². The van der Waals surface area contributed by atoms with Gasteiger partial charge in [0.25, 0.3) is 0 Å². The summed E-state index contributed by atoms with van der Waals surface area (Å²) < 4.78 is 5.25. The van der Waals surface area contributed by atoms with Crippen molar-refractivity contribution in [1.29, 1.82) is 0 Å². The Labute approximate surface area is 105 Å². The van der Waals surface area contributed by atoms with E-state index in [9.17, 15) is 0 Å². The minimum absolute atomic E-state index is 0.869. The summed E-state index contributed by atoms with van der Waals surface area (Å²) >= 11 is 0. The van der Waals surface area contributed by atoms with E-state index in [1.807, 2.05) is 31.2 Å². The predicted octanol–water partition coefficient (Wildman–Crippen LogP) is 3.55. The molecular formula is C15H14N2O. The van der Waals surface area contributed by atoms with E-state index in [1.54, 1.807) is 7.11 Å². The highest BCUT2D eigenvalue weighted by molar-refractivity contribution is 5.82. The van der Waals surface area contributed by atoms with E-state index in [-0.39, 0.29) is 0 Å². The van der Waals surface area contributed by atoms with Crippen LogP contribution >= 0.6 is 0 Å². The van der Waals surface area contributed by atoms with Gasteiger partial charge in [-0.1, -0.05) is 18.2 Å². The monoisotopic (exact) mass is 238 g/mol.